The number of likely N-dealkylation sites (tertiary alicyclic amines) is 1. The molecule has 1 fully saturated rings. The second kappa shape index (κ2) is 5.48. The third-order valence-corrected chi connectivity index (χ3v) is 4.16. The van der Waals surface area contributed by atoms with Crippen LogP contribution < -0.4 is 5.73 Å². The molecule has 3 heteroatoms. The lowest BCUT2D eigenvalue weighted by Crippen LogP contribution is -2.50. The number of nitrogens with zero attached hydrogens (tertiary/aromatic N) is 1. The van der Waals surface area contributed by atoms with Gasteiger partial charge in [-0.3, -0.25) is 4.90 Å². The molecule has 0 aromatic heterocycles. The van der Waals surface area contributed by atoms with Gasteiger partial charge in [0.2, 0.25) is 0 Å². The summed E-state index contributed by atoms with van der Waals surface area (Å²) in [5.74, 6) is 0.763. The van der Waals surface area contributed by atoms with E-state index in [2.05, 4.69) is 25.7 Å². The number of hydrogen-bond acceptors (Lipinski definition) is 3. The summed E-state index contributed by atoms with van der Waals surface area (Å²) in [6, 6.07) is 1.04. The molecule has 1 aliphatic heterocycles. The lowest BCUT2D eigenvalue weighted by Gasteiger charge is -2.43. The Hall–Kier alpha value is -0.120. The summed E-state index contributed by atoms with van der Waals surface area (Å²) in [6.45, 7) is 10.2. The van der Waals surface area contributed by atoms with Crippen LogP contribution in [0.3, 0.4) is 0 Å². The highest BCUT2D eigenvalue weighted by Gasteiger charge is 2.31. The van der Waals surface area contributed by atoms with Crippen molar-refractivity contribution in [3.05, 3.63) is 0 Å². The van der Waals surface area contributed by atoms with Gasteiger partial charge < -0.3 is 10.8 Å². The van der Waals surface area contributed by atoms with E-state index < -0.39 is 5.60 Å². The SMILES string of the molecule is CC1CCCN(C(C)CC(C)(O)CN)C1C. The first-order valence-corrected chi connectivity index (χ1v) is 6.55. The molecule has 0 aromatic carbocycles. The van der Waals surface area contributed by atoms with Crippen LogP contribution in [-0.2, 0) is 0 Å². The van der Waals surface area contributed by atoms with Gasteiger partial charge in [-0.05, 0) is 52.5 Å². The van der Waals surface area contributed by atoms with Crippen LogP contribution in [0, 0.1) is 5.92 Å². The average Bonchev–Trinajstić information content (AvgIpc) is 2.21. The van der Waals surface area contributed by atoms with E-state index >= 15 is 0 Å². The first-order valence-electron chi connectivity index (χ1n) is 6.55. The Morgan fingerprint density at radius 2 is 2.12 bits per heavy atom. The molecule has 0 bridgehead atoms. The van der Waals surface area contributed by atoms with Gasteiger partial charge in [0.15, 0.2) is 0 Å². The number of nitrogens with two attached hydrogens (primary N) is 1. The highest BCUT2D eigenvalue weighted by Crippen LogP contribution is 2.27. The second-order valence-corrected chi connectivity index (χ2v) is 5.85. The molecule has 16 heavy (non-hydrogen) atoms. The Bertz CT molecular complexity index is 218. The van der Waals surface area contributed by atoms with Gasteiger partial charge in [-0.1, -0.05) is 6.92 Å². The van der Waals surface area contributed by atoms with Crippen LogP contribution in [0.1, 0.15) is 47.0 Å². The Labute approximate surface area is 100 Å². The molecule has 1 aliphatic rings. The predicted octanol–water partition coefficient (Wildman–Crippen LogP) is 1.60. The maximum absolute atomic E-state index is 10.0. The zero-order chi connectivity index (χ0) is 12.3. The van der Waals surface area contributed by atoms with Crippen LogP contribution >= 0.6 is 0 Å². The smallest absolute Gasteiger partial charge is 0.0756 e. The summed E-state index contributed by atoms with van der Waals surface area (Å²) in [5, 5.41) is 10.0. The lowest BCUT2D eigenvalue weighted by molar-refractivity contribution is 0.00253. The molecule has 3 N–H and O–H groups in total. The molecule has 4 unspecified atom stereocenters. The summed E-state index contributed by atoms with van der Waals surface area (Å²) in [4.78, 5) is 2.53. The zero-order valence-electron chi connectivity index (χ0n) is 11.2. The summed E-state index contributed by atoms with van der Waals surface area (Å²) < 4.78 is 0. The molecule has 0 amide bonds. The van der Waals surface area contributed by atoms with Gasteiger partial charge in [0, 0.05) is 18.6 Å². The Morgan fingerprint density at radius 3 is 2.69 bits per heavy atom. The fourth-order valence-corrected chi connectivity index (χ4v) is 2.83. The molecular formula is C13H28N2O. The Balaban J connectivity index is 2.55. The Kier molecular flexibility index (Phi) is 4.77. The monoisotopic (exact) mass is 228 g/mol. The number of hydrogen-bond donors (Lipinski definition) is 2. The highest BCUT2D eigenvalue weighted by molar-refractivity contribution is 4.86. The molecule has 0 aromatic rings. The third-order valence-electron chi connectivity index (χ3n) is 4.16. The van der Waals surface area contributed by atoms with Crippen LogP contribution in [0.15, 0.2) is 0 Å². The molecule has 0 aliphatic carbocycles. The summed E-state index contributed by atoms with van der Waals surface area (Å²) in [7, 11) is 0. The first-order chi connectivity index (χ1) is 7.37. The van der Waals surface area contributed by atoms with Gasteiger partial charge in [0.25, 0.3) is 0 Å². The van der Waals surface area contributed by atoms with E-state index in [4.69, 9.17) is 5.73 Å². The maximum Gasteiger partial charge on any atom is 0.0756 e. The molecule has 96 valence electrons. The molecule has 0 saturated carbocycles. The van der Waals surface area contributed by atoms with Crippen LogP contribution in [-0.4, -0.2) is 40.8 Å². The fraction of sp³-hybridized carbons (Fsp3) is 1.00. The van der Waals surface area contributed by atoms with Gasteiger partial charge in [-0.25, -0.2) is 0 Å². The van der Waals surface area contributed by atoms with Gasteiger partial charge in [-0.2, -0.15) is 0 Å². The van der Waals surface area contributed by atoms with Crippen molar-refractivity contribution >= 4 is 0 Å². The van der Waals surface area contributed by atoms with Gasteiger partial charge >= 0.3 is 0 Å². The molecule has 0 radical (unpaired) electrons. The van der Waals surface area contributed by atoms with E-state index in [9.17, 15) is 5.11 Å². The average molecular weight is 228 g/mol. The summed E-state index contributed by atoms with van der Waals surface area (Å²) in [6.07, 6.45) is 3.37. The Morgan fingerprint density at radius 1 is 1.50 bits per heavy atom. The van der Waals surface area contributed by atoms with Gasteiger partial charge in [0.05, 0.1) is 5.60 Å². The summed E-state index contributed by atoms with van der Waals surface area (Å²) >= 11 is 0. The quantitative estimate of drug-likeness (QED) is 0.768. The highest BCUT2D eigenvalue weighted by atomic mass is 16.3. The molecule has 1 rings (SSSR count). The van der Waals surface area contributed by atoms with E-state index in [1.165, 1.54) is 12.8 Å². The second-order valence-electron chi connectivity index (χ2n) is 5.85. The van der Waals surface area contributed by atoms with Crippen molar-refractivity contribution in [1.29, 1.82) is 0 Å². The fourth-order valence-electron chi connectivity index (χ4n) is 2.83. The number of rotatable bonds is 4. The minimum Gasteiger partial charge on any atom is -0.389 e. The van der Waals surface area contributed by atoms with Crippen LogP contribution in [0.25, 0.3) is 0 Å². The van der Waals surface area contributed by atoms with Crippen molar-refractivity contribution in [2.75, 3.05) is 13.1 Å². The molecule has 4 atom stereocenters. The van der Waals surface area contributed by atoms with Gasteiger partial charge in [0.1, 0.15) is 0 Å². The lowest BCUT2D eigenvalue weighted by atomic mass is 9.88. The zero-order valence-corrected chi connectivity index (χ0v) is 11.2. The topological polar surface area (TPSA) is 49.5 Å². The van der Waals surface area contributed by atoms with Crippen LogP contribution in [0.5, 0.6) is 0 Å². The minimum atomic E-state index is -0.722. The molecular weight excluding hydrogens is 200 g/mol. The third kappa shape index (κ3) is 3.44. The molecule has 0 spiro atoms. The number of aliphatic hydroxyl groups is 1. The van der Waals surface area contributed by atoms with Gasteiger partial charge in [-0.15, -0.1) is 0 Å². The molecule has 3 nitrogen and oxygen atoms in total. The minimum absolute atomic E-state index is 0.342. The van der Waals surface area contributed by atoms with Crippen LogP contribution in [0.4, 0.5) is 0 Å². The van der Waals surface area contributed by atoms with Crippen molar-refractivity contribution in [1.82, 2.24) is 4.90 Å². The maximum atomic E-state index is 10.0. The number of piperidine rings is 1. The van der Waals surface area contributed by atoms with Crippen molar-refractivity contribution in [3.63, 3.8) is 0 Å². The largest absolute Gasteiger partial charge is 0.389 e. The standard InChI is InChI=1S/C13H28N2O/c1-10-6-5-7-15(12(10)3)11(2)8-13(4,16)9-14/h10-12,16H,5-9,14H2,1-4H3. The summed E-state index contributed by atoms with van der Waals surface area (Å²) in [5.41, 5.74) is 4.86. The van der Waals surface area contributed by atoms with E-state index in [0.29, 0.717) is 18.6 Å². The van der Waals surface area contributed by atoms with Crippen LogP contribution in [0.2, 0.25) is 0 Å². The van der Waals surface area contributed by atoms with E-state index in [1.54, 1.807) is 0 Å². The molecule has 1 heterocycles. The van der Waals surface area contributed by atoms with E-state index in [0.717, 1.165) is 18.9 Å². The van der Waals surface area contributed by atoms with E-state index in [1.807, 2.05) is 6.92 Å². The normalized spacial score (nSPS) is 33.4. The predicted molar refractivity (Wildman–Crippen MR) is 68.3 cm³/mol. The van der Waals surface area contributed by atoms with E-state index in [-0.39, 0.29) is 0 Å². The van der Waals surface area contributed by atoms with Crippen molar-refractivity contribution in [2.24, 2.45) is 11.7 Å². The van der Waals surface area contributed by atoms with Crippen molar-refractivity contribution < 1.29 is 5.11 Å². The molecule has 1 saturated heterocycles. The van der Waals surface area contributed by atoms with Crippen molar-refractivity contribution in [3.8, 4) is 0 Å². The first kappa shape index (κ1) is 13.9. The van der Waals surface area contributed by atoms with Crippen molar-refractivity contribution in [2.45, 2.75) is 64.6 Å².